The van der Waals surface area contributed by atoms with E-state index in [1.54, 1.807) is 0 Å². The van der Waals surface area contributed by atoms with Crippen LogP contribution in [0.2, 0.25) is 10.0 Å². The van der Waals surface area contributed by atoms with Crippen molar-refractivity contribution in [1.82, 2.24) is 9.55 Å². The van der Waals surface area contributed by atoms with Gasteiger partial charge in [0.05, 0.1) is 15.7 Å². The number of hydrogen-bond donors (Lipinski definition) is 0. The molecule has 0 unspecified atom stereocenters. The Hall–Kier alpha value is -2.99. The molecule has 31 heavy (non-hydrogen) atoms. The van der Waals surface area contributed by atoms with Gasteiger partial charge in [-0.05, 0) is 24.3 Å². The molecule has 0 atom stereocenters. The molecule has 0 amide bonds. The third-order valence-corrected chi connectivity index (χ3v) is 4.23. The molecule has 0 saturated carbocycles. The number of halogens is 8. The predicted molar refractivity (Wildman–Crippen MR) is 95.3 cm³/mol. The van der Waals surface area contributed by atoms with Crippen molar-refractivity contribution in [3.8, 4) is 22.9 Å². The smallest absolute Gasteiger partial charge is 0.425 e. The number of alkyl halides is 4. The van der Waals surface area contributed by atoms with Crippen molar-refractivity contribution in [3.63, 3.8) is 0 Å². The zero-order valence-electron chi connectivity index (χ0n) is 14.5. The average molecular weight is 487 g/mol. The third-order valence-electron chi connectivity index (χ3n) is 3.67. The summed E-state index contributed by atoms with van der Waals surface area (Å²) in [5.74, 6) is -5.83. The number of hydrogen-bond acceptors (Lipinski definition) is 5. The fourth-order valence-corrected chi connectivity index (χ4v) is 2.90. The molecule has 1 aromatic heterocycles. The van der Waals surface area contributed by atoms with Crippen LogP contribution in [-0.2, 0) is 0 Å². The second kappa shape index (κ2) is 8.27. The molecule has 1 heterocycles. The first-order valence-electron chi connectivity index (χ1n) is 7.85. The van der Waals surface area contributed by atoms with E-state index in [4.69, 9.17) is 27.6 Å². The van der Waals surface area contributed by atoms with Gasteiger partial charge in [0.15, 0.2) is 5.75 Å². The maximum absolute atomic E-state index is 13.9. The molecule has 164 valence electrons. The van der Waals surface area contributed by atoms with E-state index in [2.05, 4.69) is 9.72 Å². The Bertz CT molecular complexity index is 1200. The van der Waals surface area contributed by atoms with E-state index in [1.165, 1.54) is 0 Å². The summed E-state index contributed by atoms with van der Waals surface area (Å²) in [5, 5.41) is -1.53. The van der Waals surface area contributed by atoms with Crippen LogP contribution in [0, 0.1) is 11.6 Å². The summed E-state index contributed by atoms with van der Waals surface area (Å²) in [6, 6.07) is 4.10. The van der Waals surface area contributed by atoms with Gasteiger partial charge in [0.1, 0.15) is 17.2 Å². The molecule has 0 fully saturated rings. The summed E-state index contributed by atoms with van der Waals surface area (Å²) in [7, 11) is 0. The molecule has 0 radical (unpaired) electrons. The van der Waals surface area contributed by atoms with Gasteiger partial charge in [-0.3, -0.25) is 0 Å². The van der Waals surface area contributed by atoms with Gasteiger partial charge in [-0.25, -0.2) is 18.4 Å². The molecule has 0 saturated heterocycles. The van der Waals surface area contributed by atoms with E-state index in [1.807, 2.05) is 0 Å². The van der Waals surface area contributed by atoms with Crippen LogP contribution >= 0.6 is 23.2 Å². The highest BCUT2D eigenvalue weighted by molar-refractivity contribution is 6.37. The molecule has 0 aliphatic heterocycles. The van der Waals surface area contributed by atoms with E-state index in [0.717, 1.165) is 18.2 Å². The first kappa shape index (κ1) is 22.7. The van der Waals surface area contributed by atoms with E-state index in [0.29, 0.717) is 12.1 Å². The molecular formula is C17H6Cl2F6N2O4. The van der Waals surface area contributed by atoms with Crippen LogP contribution in [0.4, 0.5) is 26.3 Å². The predicted octanol–water partition coefficient (Wildman–Crippen LogP) is 4.67. The van der Waals surface area contributed by atoms with Crippen molar-refractivity contribution in [2.75, 3.05) is 0 Å². The summed E-state index contributed by atoms with van der Waals surface area (Å²) >= 11 is 11.4. The Kier molecular flexibility index (Phi) is 6.05. The Morgan fingerprint density at radius 1 is 1.06 bits per heavy atom. The summed E-state index contributed by atoms with van der Waals surface area (Å²) in [5.41, 5.74) is -2.75. The lowest BCUT2D eigenvalue weighted by molar-refractivity contribution is -0.253. The van der Waals surface area contributed by atoms with E-state index in [-0.39, 0.29) is 4.57 Å². The van der Waals surface area contributed by atoms with Crippen LogP contribution < -0.4 is 16.2 Å². The third kappa shape index (κ3) is 4.39. The van der Waals surface area contributed by atoms with Crippen molar-refractivity contribution in [3.05, 3.63) is 73.0 Å². The van der Waals surface area contributed by atoms with Gasteiger partial charge in [0.2, 0.25) is 5.89 Å². The fourth-order valence-electron chi connectivity index (χ4n) is 2.34. The fraction of sp³-hybridized carbons (Fsp3) is 0.118. The molecule has 0 bridgehead atoms. The Labute approximate surface area is 177 Å². The van der Waals surface area contributed by atoms with Crippen molar-refractivity contribution in [2.45, 2.75) is 12.5 Å². The first-order valence-corrected chi connectivity index (χ1v) is 8.61. The molecule has 3 aromatic rings. The molecule has 6 nitrogen and oxygen atoms in total. The molecule has 0 N–H and O–H groups in total. The maximum Gasteiger partial charge on any atom is 0.461 e. The highest BCUT2D eigenvalue weighted by atomic mass is 35.5. The minimum absolute atomic E-state index is 0.203. The number of ether oxygens (including phenoxy) is 1. The molecule has 2 aromatic carbocycles. The second-order valence-corrected chi connectivity index (χ2v) is 6.52. The summed E-state index contributed by atoms with van der Waals surface area (Å²) < 4.78 is 87.4. The molecular weight excluding hydrogens is 481 g/mol. The van der Waals surface area contributed by atoms with Crippen LogP contribution in [0.5, 0.6) is 5.75 Å². The van der Waals surface area contributed by atoms with E-state index >= 15 is 0 Å². The van der Waals surface area contributed by atoms with Gasteiger partial charge >= 0.3 is 24.0 Å². The second-order valence-electron chi connectivity index (χ2n) is 5.70. The van der Waals surface area contributed by atoms with Crippen molar-refractivity contribution in [2.24, 2.45) is 0 Å². The van der Waals surface area contributed by atoms with Crippen LogP contribution in [0.25, 0.3) is 17.1 Å². The highest BCUT2D eigenvalue weighted by Crippen LogP contribution is 2.39. The molecule has 0 aliphatic rings. The lowest BCUT2D eigenvalue weighted by atomic mass is 10.2. The van der Waals surface area contributed by atoms with Crippen LogP contribution in [0.1, 0.15) is 0 Å². The number of nitrogens with zero attached hydrogens (tertiary/aromatic N) is 2. The first-order chi connectivity index (χ1) is 14.4. The van der Waals surface area contributed by atoms with Crippen LogP contribution in [0.15, 0.2) is 44.3 Å². The summed E-state index contributed by atoms with van der Waals surface area (Å²) in [4.78, 5) is 27.8. The quantitative estimate of drug-likeness (QED) is 0.489. The summed E-state index contributed by atoms with van der Waals surface area (Å²) in [6.45, 7) is 0. The van der Waals surface area contributed by atoms with E-state index < -0.39 is 68.6 Å². The largest absolute Gasteiger partial charge is 0.461 e. The zero-order valence-corrected chi connectivity index (χ0v) is 16.0. The standard InChI is InChI=1S/C17H6Cl2F6N2O4/c18-7-4-6(5-8(19)12(7)31-17(24,25)14(22)23)27-15(28)26-13(30-16(27)29)11-9(20)2-1-3-10(11)21/h1-5,14H. The number of benzene rings is 2. The van der Waals surface area contributed by atoms with Gasteiger partial charge < -0.3 is 9.15 Å². The van der Waals surface area contributed by atoms with Gasteiger partial charge in [0.25, 0.3) is 0 Å². The lowest BCUT2D eigenvalue weighted by Gasteiger charge is -2.19. The molecule has 3 rings (SSSR count). The molecule has 0 aliphatic carbocycles. The van der Waals surface area contributed by atoms with Crippen LogP contribution in [0.3, 0.4) is 0 Å². The summed E-state index contributed by atoms with van der Waals surface area (Å²) in [6.07, 6.45) is -9.14. The highest BCUT2D eigenvalue weighted by Gasteiger charge is 2.45. The van der Waals surface area contributed by atoms with Crippen molar-refractivity contribution < 1.29 is 35.5 Å². The monoisotopic (exact) mass is 486 g/mol. The Morgan fingerprint density at radius 3 is 2.10 bits per heavy atom. The number of aromatic nitrogens is 2. The topological polar surface area (TPSA) is 74.3 Å². The minimum atomic E-state index is -4.93. The molecule has 0 spiro atoms. The number of rotatable bonds is 5. The van der Waals surface area contributed by atoms with E-state index in [9.17, 15) is 35.9 Å². The normalized spacial score (nSPS) is 11.8. The van der Waals surface area contributed by atoms with Gasteiger partial charge in [-0.15, -0.1) is 0 Å². The van der Waals surface area contributed by atoms with Gasteiger partial charge in [-0.2, -0.15) is 27.1 Å². The van der Waals surface area contributed by atoms with Crippen LogP contribution in [-0.4, -0.2) is 22.1 Å². The average Bonchev–Trinajstić information content (AvgIpc) is 2.64. The van der Waals surface area contributed by atoms with Crippen molar-refractivity contribution >= 4 is 23.2 Å². The Balaban J connectivity index is 2.10. The SMILES string of the molecule is O=c1nc(-c2c(F)cccc2F)oc(=O)n1-c1cc(Cl)c(OC(F)(F)C(F)F)c(Cl)c1. The lowest BCUT2D eigenvalue weighted by Crippen LogP contribution is -2.34. The molecule has 14 heteroatoms. The Morgan fingerprint density at radius 2 is 1.61 bits per heavy atom. The van der Waals surface area contributed by atoms with Gasteiger partial charge in [0, 0.05) is 0 Å². The van der Waals surface area contributed by atoms with Crippen molar-refractivity contribution in [1.29, 1.82) is 0 Å². The van der Waals surface area contributed by atoms with Gasteiger partial charge in [-0.1, -0.05) is 29.3 Å². The zero-order chi connectivity index (χ0) is 23.1. The minimum Gasteiger partial charge on any atom is -0.425 e. The maximum atomic E-state index is 13.9.